The van der Waals surface area contributed by atoms with E-state index in [-0.39, 0.29) is 5.54 Å². The van der Waals surface area contributed by atoms with Crippen LogP contribution >= 0.6 is 0 Å². The second-order valence-corrected chi connectivity index (χ2v) is 5.42. The minimum Gasteiger partial charge on any atom is -0.293 e. The predicted molar refractivity (Wildman–Crippen MR) is 67.4 cm³/mol. The van der Waals surface area contributed by atoms with E-state index < -0.39 is 0 Å². The Kier molecular flexibility index (Phi) is 3.39. The second-order valence-electron chi connectivity index (χ2n) is 5.42. The Hall–Kier alpha value is -0.630. The Morgan fingerprint density at radius 2 is 1.80 bits per heavy atom. The summed E-state index contributed by atoms with van der Waals surface area (Å²) in [4.78, 5) is 7.08. The molecule has 0 fully saturated rings. The number of aliphatic imine (C=N–C) groups is 1. The molecular formula is C13H24N2. The van der Waals surface area contributed by atoms with Crippen LogP contribution in [-0.2, 0) is 0 Å². The summed E-state index contributed by atoms with van der Waals surface area (Å²) < 4.78 is 0. The lowest BCUT2D eigenvalue weighted by Gasteiger charge is -2.39. The largest absolute Gasteiger partial charge is 0.293 e. The molecule has 0 N–H and O–H groups in total. The Labute approximate surface area is 94.1 Å². The van der Waals surface area contributed by atoms with E-state index >= 15 is 0 Å². The van der Waals surface area contributed by atoms with Crippen molar-refractivity contribution in [3.63, 3.8) is 0 Å². The van der Waals surface area contributed by atoms with Crippen LogP contribution in [0.1, 0.15) is 48.0 Å². The van der Waals surface area contributed by atoms with Crippen LogP contribution in [-0.4, -0.2) is 29.2 Å². The number of allylic oxidation sites excluding steroid dienone is 1. The zero-order valence-corrected chi connectivity index (χ0v) is 11.2. The molecule has 0 aliphatic carbocycles. The molecule has 0 bridgehead atoms. The van der Waals surface area contributed by atoms with E-state index in [0.717, 1.165) is 6.42 Å². The highest BCUT2D eigenvalue weighted by Gasteiger charge is 2.33. The molecule has 2 heteroatoms. The molecule has 0 spiro atoms. The van der Waals surface area contributed by atoms with Crippen LogP contribution in [0.2, 0.25) is 0 Å². The normalized spacial score (nSPS) is 18.1. The molecule has 15 heavy (non-hydrogen) atoms. The fraction of sp³-hybridized carbons (Fsp3) is 0.769. The van der Waals surface area contributed by atoms with E-state index in [1.165, 1.54) is 17.0 Å². The molecule has 0 radical (unpaired) electrons. The van der Waals surface area contributed by atoms with Crippen LogP contribution in [0.4, 0.5) is 0 Å². The SMILES string of the molecule is CC1=NC(C(C)(C)N(C)C(C)C)=C(C)C1. The molecular weight excluding hydrogens is 184 g/mol. The van der Waals surface area contributed by atoms with E-state index in [4.69, 9.17) is 4.99 Å². The summed E-state index contributed by atoms with van der Waals surface area (Å²) in [6.07, 6.45) is 1.05. The van der Waals surface area contributed by atoms with Crippen molar-refractivity contribution in [1.29, 1.82) is 0 Å². The van der Waals surface area contributed by atoms with Gasteiger partial charge in [0, 0.05) is 18.2 Å². The smallest absolute Gasteiger partial charge is 0.0593 e. The van der Waals surface area contributed by atoms with Crippen LogP contribution in [0, 0.1) is 0 Å². The summed E-state index contributed by atoms with van der Waals surface area (Å²) in [6, 6.07) is 0.538. The Balaban J connectivity index is 3.01. The first-order chi connectivity index (χ1) is 6.76. The van der Waals surface area contributed by atoms with E-state index in [1.807, 2.05) is 0 Å². The molecule has 0 amide bonds. The minimum atomic E-state index is 0.0377. The summed E-state index contributed by atoms with van der Waals surface area (Å²) in [5, 5.41) is 0. The van der Waals surface area contributed by atoms with Gasteiger partial charge in [-0.1, -0.05) is 0 Å². The highest BCUT2D eigenvalue weighted by molar-refractivity contribution is 5.88. The van der Waals surface area contributed by atoms with Gasteiger partial charge in [-0.2, -0.15) is 0 Å². The Bertz CT molecular complexity index is 308. The molecule has 1 aliphatic heterocycles. The molecule has 0 atom stereocenters. The van der Waals surface area contributed by atoms with Crippen LogP contribution in [0.15, 0.2) is 16.3 Å². The van der Waals surface area contributed by atoms with Crippen LogP contribution < -0.4 is 0 Å². The third kappa shape index (κ3) is 2.31. The molecule has 0 aromatic carbocycles. The number of likely N-dealkylation sites (N-methyl/N-ethyl adjacent to an activating group) is 1. The van der Waals surface area contributed by atoms with Crippen LogP contribution in [0.5, 0.6) is 0 Å². The van der Waals surface area contributed by atoms with Crippen molar-refractivity contribution < 1.29 is 0 Å². The molecule has 0 unspecified atom stereocenters. The van der Waals surface area contributed by atoms with E-state index in [2.05, 4.69) is 53.5 Å². The standard InChI is InChI=1S/C13H24N2/c1-9(2)15(7)13(5,6)12-10(3)8-11(4)14-12/h9H,8H2,1-7H3. The van der Waals surface area contributed by atoms with Gasteiger partial charge in [0.25, 0.3) is 0 Å². The van der Waals surface area contributed by atoms with E-state index in [1.54, 1.807) is 0 Å². The van der Waals surface area contributed by atoms with Crippen LogP contribution in [0.25, 0.3) is 0 Å². The average molecular weight is 208 g/mol. The van der Waals surface area contributed by atoms with Crippen LogP contribution in [0.3, 0.4) is 0 Å². The van der Waals surface area contributed by atoms with Gasteiger partial charge in [0.15, 0.2) is 0 Å². The third-order valence-electron chi connectivity index (χ3n) is 3.46. The average Bonchev–Trinajstić information content (AvgIpc) is 2.44. The lowest BCUT2D eigenvalue weighted by Crippen LogP contribution is -2.46. The van der Waals surface area contributed by atoms with Gasteiger partial charge in [-0.05, 0) is 54.2 Å². The quantitative estimate of drug-likeness (QED) is 0.695. The molecule has 1 rings (SSSR count). The van der Waals surface area contributed by atoms with Crippen molar-refractivity contribution in [3.8, 4) is 0 Å². The van der Waals surface area contributed by atoms with Gasteiger partial charge < -0.3 is 0 Å². The molecule has 0 saturated carbocycles. The lowest BCUT2D eigenvalue weighted by molar-refractivity contribution is 0.149. The van der Waals surface area contributed by atoms with Gasteiger partial charge in [0.2, 0.25) is 0 Å². The van der Waals surface area contributed by atoms with Crippen molar-refractivity contribution in [3.05, 3.63) is 11.3 Å². The number of nitrogens with zero attached hydrogens (tertiary/aromatic N) is 2. The van der Waals surface area contributed by atoms with Gasteiger partial charge in [0.1, 0.15) is 0 Å². The van der Waals surface area contributed by atoms with E-state index in [0.29, 0.717) is 6.04 Å². The molecule has 0 aromatic heterocycles. The van der Waals surface area contributed by atoms with Gasteiger partial charge in [-0.3, -0.25) is 9.89 Å². The van der Waals surface area contributed by atoms with Gasteiger partial charge in [-0.25, -0.2) is 0 Å². The molecule has 2 nitrogen and oxygen atoms in total. The maximum Gasteiger partial charge on any atom is 0.0593 e. The monoisotopic (exact) mass is 208 g/mol. The first-order valence-electron chi connectivity index (χ1n) is 5.74. The lowest BCUT2D eigenvalue weighted by atomic mass is 9.94. The van der Waals surface area contributed by atoms with E-state index in [9.17, 15) is 0 Å². The number of rotatable bonds is 3. The van der Waals surface area contributed by atoms with Gasteiger partial charge in [-0.15, -0.1) is 0 Å². The topological polar surface area (TPSA) is 15.6 Å². The first kappa shape index (κ1) is 12.4. The fourth-order valence-electron chi connectivity index (χ4n) is 2.26. The molecule has 1 aliphatic rings. The second kappa shape index (κ2) is 4.09. The van der Waals surface area contributed by atoms with Crippen molar-refractivity contribution >= 4 is 5.71 Å². The first-order valence-corrected chi connectivity index (χ1v) is 5.74. The maximum absolute atomic E-state index is 4.70. The molecule has 0 saturated heterocycles. The minimum absolute atomic E-state index is 0.0377. The van der Waals surface area contributed by atoms with Crippen molar-refractivity contribution in [1.82, 2.24) is 4.90 Å². The predicted octanol–water partition coefficient (Wildman–Crippen LogP) is 3.24. The highest BCUT2D eigenvalue weighted by atomic mass is 15.2. The maximum atomic E-state index is 4.70. The highest BCUT2D eigenvalue weighted by Crippen LogP contribution is 2.33. The number of hydrogen-bond acceptors (Lipinski definition) is 2. The molecule has 86 valence electrons. The summed E-state index contributed by atoms with van der Waals surface area (Å²) >= 11 is 0. The van der Waals surface area contributed by atoms with Crippen molar-refractivity contribution in [2.75, 3.05) is 7.05 Å². The van der Waals surface area contributed by atoms with Crippen molar-refractivity contribution in [2.24, 2.45) is 4.99 Å². The summed E-state index contributed by atoms with van der Waals surface area (Å²) in [7, 11) is 2.17. The summed E-state index contributed by atoms with van der Waals surface area (Å²) in [5.74, 6) is 0. The van der Waals surface area contributed by atoms with Gasteiger partial charge in [0.05, 0.1) is 11.2 Å². The van der Waals surface area contributed by atoms with Gasteiger partial charge >= 0.3 is 0 Å². The molecule has 1 heterocycles. The number of hydrogen-bond donors (Lipinski definition) is 0. The summed E-state index contributed by atoms with van der Waals surface area (Å²) in [5.41, 5.74) is 3.96. The fourth-order valence-corrected chi connectivity index (χ4v) is 2.26. The third-order valence-corrected chi connectivity index (χ3v) is 3.46. The van der Waals surface area contributed by atoms with Crippen molar-refractivity contribution in [2.45, 2.75) is 59.5 Å². The Morgan fingerprint density at radius 1 is 1.27 bits per heavy atom. The zero-order chi connectivity index (χ0) is 11.8. The zero-order valence-electron chi connectivity index (χ0n) is 11.2. The summed E-state index contributed by atoms with van der Waals surface area (Å²) in [6.45, 7) is 13.3. The Morgan fingerprint density at radius 3 is 2.13 bits per heavy atom. The molecule has 0 aromatic rings.